The lowest BCUT2D eigenvalue weighted by molar-refractivity contribution is -0.137. The summed E-state index contributed by atoms with van der Waals surface area (Å²) in [6.07, 6.45) is -0.964. The summed E-state index contributed by atoms with van der Waals surface area (Å²) in [7, 11) is 0. The van der Waals surface area contributed by atoms with Gasteiger partial charge in [0, 0.05) is 67.3 Å². The molecule has 4 heterocycles. The third kappa shape index (κ3) is 7.13. The first kappa shape index (κ1) is 41.8. The average Bonchev–Trinajstić information content (AvgIpc) is 3.92. The molecule has 0 aliphatic heterocycles. The standard InChI is InChI=1S/C61H35F3N6/c1-66-47-29-44(28-46(33-47)61(62,63)64)50-34-60(70-56-19-11-9-17-49(56)52-31-41(23-27-58(52)70)43-21-25-54(68-37-43)39-14-6-3-7-15-39)59(32-45(50)35-65)69-55-18-10-8-16-48(55)51-30-40(22-26-57(51)69)42-20-24-53(67-36-42)38-12-4-2-5-13-38/h2-34,36-37H. The summed E-state index contributed by atoms with van der Waals surface area (Å²) in [5, 5.41) is 14.8. The minimum absolute atomic E-state index is 0.110. The number of alkyl halides is 3. The number of rotatable bonds is 7. The van der Waals surface area contributed by atoms with Gasteiger partial charge in [0.25, 0.3) is 0 Å². The maximum atomic E-state index is 14.5. The quantitative estimate of drug-likeness (QED) is 0.150. The SMILES string of the molecule is [C-]#[N+]c1cc(-c2cc(-n3c4ccccc4c4cc(-c5ccc(-c6ccccc6)nc5)ccc43)c(-n3c4ccccc4c4cc(-c5ccc(-c6ccccc6)nc5)ccc43)cc2C#N)cc(C(F)(F)F)c1. The molecule has 9 heteroatoms. The molecule has 70 heavy (non-hydrogen) atoms. The van der Waals surface area contributed by atoms with Crippen LogP contribution in [0.15, 0.2) is 213 Å². The second kappa shape index (κ2) is 16.6. The Morgan fingerprint density at radius 1 is 0.443 bits per heavy atom. The van der Waals surface area contributed by atoms with E-state index in [0.29, 0.717) is 11.4 Å². The highest BCUT2D eigenvalue weighted by Crippen LogP contribution is 2.44. The van der Waals surface area contributed by atoms with Gasteiger partial charge in [-0.2, -0.15) is 18.4 Å². The monoisotopic (exact) mass is 908 g/mol. The summed E-state index contributed by atoms with van der Waals surface area (Å²) >= 11 is 0. The van der Waals surface area contributed by atoms with Gasteiger partial charge < -0.3 is 9.13 Å². The normalized spacial score (nSPS) is 11.6. The van der Waals surface area contributed by atoms with Crippen LogP contribution in [0.5, 0.6) is 0 Å². The number of hydrogen-bond acceptors (Lipinski definition) is 3. The van der Waals surface area contributed by atoms with E-state index in [2.05, 4.69) is 80.7 Å². The number of para-hydroxylation sites is 2. The molecule has 0 unspecified atom stereocenters. The van der Waals surface area contributed by atoms with Gasteiger partial charge in [-0.05, 0) is 95.6 Å². The molecule has 12 rings (SSSR count). The summed E-state index contributed by atoms with van der Waals surface area (Å²) in [6.45, 7) is 7.74. The molecular formula is C61H35F3N6. The van der Waals surface area contributed by atoms with E-state index in [1.807, 2.05) is 122 Å². The van der Waals surface area contributed by atoms with Crippen molar-refractivity contribution in [3.8, 4) is 73.3 Å². The van der Waals surface area contributed by atoms with Crippen LogP contribution in [0.2, 0.25) is 0 Å². The molecule has 0 amide bonds. The smallest absolute Gasteiger partial charge is 0.307 e. The van der Waals surface area contributed by atoms with Crippen molar-refractivity contribution in [3.05, 3.63) is 235 Å². The van der Waals surface area contributed by atoms with Crippen molar-refractivity contribution >= 4 is 49.3 Å². The van der Waals surface area contributed by atoms with Gasteiger partial charge in [0.2, 0.25) is 0 Å². The molecule has 0 bridgehead atoms. The summed E-state index contributed by atoms with van der Waals surface area (Å²) in [4.78, 5) is 13.0. The molecule has 12 aromatic rings. The zero-order chi connectivity index (χ0) is 47.5. The van der Waals surface area contributed by atoms with Gasteiger partial charge in [-0.25, -0.2) is 4.85 Å². The van der Waals surface area contributed by atoms with Crippen molar-refractivity contribution in [3.63, 3.8) is 0 Å². The molecule has 0 N–H and O–H groups in total. The Morgan fingerprint density at radius 3 is 1.39 bits per heavy atom. The fraction of sp³-hybridized carbons (Fsp3) is 0.0164. The number of halogens is 3. The van der Waals surface area contributed by atoms with Gasteiger partial charge in [-0.15, -0.1) is 0 Å². The van der Waals surface area contributed by atoms with Crippen LogP contribution in [0.1, 0.15) is 11.1 Å². The van der Waals surface area contributed by atoms with Crippen molar-refractivity contribution in [2.75, 3.05) is 0 Å². The fourth-order valence-electron chi connectivity index (χ4n) is 9.77. The van der Waals surface area contributed by atoms with E-state index >= 15 is 0 Å². The molecule has 330 valence electrons. The number of pyridine rings is 2. The molecule has 8 aromatic carbocycles. The predicted octanol–water partition coefficient (Wildman–Crippen LogP) is 16.4. The zero-order valence-electron chi connectivity index (χ0n) is 37.0. The van der Waals surface area contributed by atoms with Crippen molar-refractivity contribution in [1.29, 1.82) is 5.26 Å². The number of fused-ring (bicyclic) bond motifs is 6. The van der Waals surface area contributed by atoms with Crippen LogP contribution in [0.25, 0.3) is 116 Å². The molecule has 6 nitrogen and oxygen atoms in total. The number of hydrogen-bond donors (Lipinski definition) is 0. The molecule has 0 saturated carbocycles. The Labute approximate surface area is 399 Å². The molecule has 0 aliphatic carbocycles. The number of nitrogens with zero attached hydrogens (tertiary/aromatic N) is 6. The minimum atomic E-state index is -4.73. The second-order valence-electron chi connectivity index (χ2n) is 17.1. The number of benzene rings is 8. The largest absolute Gasteiger partial charge is 0.415 e. The van der Waals surface area contributed by atoms with Crippen LogP contribution in [-0.2, 0) is 6.18 Å². The third-order valence-corrected chi connectivity index (χ3v) is 13.1. The van der Waals surface area contributed by atoms with E-state index in [-0.39, 0.29) is 22.4 Å². The molecule has 4 aromatic heterocycles. The first-order chi connectivity index (χ1) is 34.2. The van der Waals surface area contributed by atoms with Gasteiger partial charge in [-0.1, -0.05) is 121 Å². The van der Waals surface area contributed by atoms with Gasteiger partial charge in [-0.3, -0.25) is 9.97 Å². The van der Waals surface area contributed by atoms with E-state index in [1.165, 1.54) is 6.07 Å². The van der Waals surface area contributed by atoms with Crippen LogP contribution in [0.4, 0.5) is 18.9 Å². The summed E-state index contributed by atoms with van der Waals surface area (Å²) in [6, 6.07) is 66.1. The molecule has 0 saturated heterocycles. The highest BCUT2D eigenvalue weighted by atomic mass is 19.4. The molecule has 0 atom stereocenters. The fourth-order valence-corrected chi connectivity index (χ4v) is 9.77. The van der Waals surface area contributed by atoms with Crippen LogP contribution >= 0.6 is 0 Å². The minimum Gasteiger partial charge on any atom is -0.307 e. The maximum absolute atomic E-state index is 14.5. The Balaban J connectivity index is 1.10. The molecule has 0 aliphatic rings. The Morgan fingerprint density at radius 2 is 0.914 bits per heavy atom. The summed E-state index contributed by atoms with van der Waals surface area (Å²) < 4.78 is 47.7. The molecule has 0 radical (unpaired) electrons. The highest BCUT2D eigenvalue weighted by Gasteiger charge is 2.32. The van der Waals surface area contributed by atoms with E-state index in [0.717, 1.165) is 101 Å². The Bertz CT molecular complexity index is 4100. The third-order valence-electron chi connectivity index (χ3n) is 13.1. The van der Waals surface area contributed by atoms with Crippen molar-refractivity contribution in [1.82, 2.24) is 19.1 Å². The Kier molecular flexibility index (Phi) is 9.94. The lowest BCUT2D eigenvalue weighted by atomic mass is 9.96. The van der Waals surface area contributed by atoms with Crippen molar-refractivity contribution < 1.29 is 13.2 Å². The van der Waals surface area contributed by atoms with Crippen LogP contribution < -0.4 is 0 Å². The van der Waals surface area contributed by atoms with Crippen molar-refractivity contribution in [2.45, 2.75) is 6.18 Å². The van der Waals surface area contributed by atoms with Gasteiger partial charge in [0.15, 0.2) is 5.69 Å². The number of nitriles is 1. The van der Waals surface area contributed by atoms with E-state index in [1.54, 1.807) is 12.1 Å². The van der Waals surface area contributed by atoms with Crippen LogP contribution in [-0.4, -0.2) is 19.1 Å². The van der Waals surface area contributed by atoms with Crippen molar-refractivity contribution in [2.24, 2.45) is 0 Å². The second-order valence-corrected chi connectivity index (χ2v) is 17.1. The van der Waals surface area contributed by atoms with Crippen LogP contribution in [0.3, 0.4) is 0 Å². The lowest BCUT2D eigenvalue weighted by Gasteiger charge is -2.20. The summed E-state index contributed by atoms with van der Waals surface area (Å²) in [5.41, 5.74) is 11.7. The summed E-state index contributed by atoms with van der Waals surface area (Å²) in [5.74, 6) is 0. The van der Waals surface area contributed by atoms with E-state index < -0.39 is 11.7 Å². The molecular weight excluding hydrogens is 874 g/mol. The Hall–Kier alpha value is -9.57. The van der Waals surface area contributed by atoms with Gasteiger partial charge >= 0.3 is 6.18 Å². The topological polar surface area (TPSA) is 63.8 Å². The molecule has 0 spiro atoms. The lowest BCUT2D eigenvalue weighted by Crippen LogP contribution is -2.07. The maximum Gasteiger partial charge on any atom is 0.415 e. The average molecular weight is 909 g/mol. The number of aromatic nitrogens is 4. The van der Waals surface area contributed by atoms with Gasteiger partial charge in [0.05, 0.1) is 63.0 Å². The molecule has 0 fully saturated rings. The first-order valence-corrected chi connectivity index (χ1v) is 22.5. The zero-order valence-corrected chi connectivity index (χ0v) is 37.0. The highest BCUT2D eigenvalue weighted by molar-refractivity contribution is 6.13. The van der Waals surface area contributed by atoms with E-state index in [9.17, 15) is 18.4 Å². The first-order valence-electron chi connectivity index (χ1n) is 22.5. The van der Waals surface area contributed by atoms with E-state index in [4.69, 9.17) is 16.5 Å². The van der Waals surface area contributed by atoms with Crippen LogP contribution in [0, 0.1) is 17.9 Å². The van der Waals surface area contributed by atoms with Gasteiger partial charge in [0.1, 0.15) is 0 Å². The predicted molar refractivity (Wildman–Crippen MR) is 274 cm³/mol.